The maximum absolute atomic E-state index is 3.89. The van der Waals surface area contributed by atoms with Crippen molar-refractivity contribution in [2.75, 3.05) is 0 Å². The Labute approximate surface area is 257 Å². The van der Waals surface area contributed by atoms with Gasteiger partial charge in [-0.3, -0.25) is 0 Å². The largest absolute Gasteiger partial charge is 4.00 e. The van der Waals surface area contributed by atoms with Crippen LogP contribution in [-0.4, -0.2) is 0 Å². The van der Waals surface area contributed by atoms with E-state index in [0.717, 1.165) is 44.9 Å². The number of allylic oxidation sites excluding steroid dienone is 4. The van der Waals surface area contributed by atoms with E-state index in [4.69, 9.17) is 0 Å². The van der Waals surface area contributed by atoms with E-state index >= 15 is 0 Å². The Balaban J connectivity index is 0.00000370. The summed E-state index contributed by atoms with van der Waals surface area (Å²) in [6.07, 6.45) is 7.26. The molecule has 3 aromatic rings. The van der Waals surface area contributed by atoms with E-state index in [1.165, 1.54) is 88.3 Å². The van der Waals surface area contributed by atoms with Gasteiger partial charge in [0, 0.05) is 0 Å². The fourth-order valence-electron chi connectivity index (χ4n) is 7.26. The summed E-state index contributed by atoms with van der Waals surface area (Å²) < 4.78 is 0. The van der Waals surface area contributed by atoms with Crippen molar-refractivity contribution >= 4 is 43.8 Å². The second kappa shape index (κ2) is 12.6. The van der Waals surface area contributed by atoms with Crippen molar-refractivity contribution in [3.63, 3.8) is 0 Å². The summed E-state index contributed by atoms with van der Waals surface area (Å²) in [5.41, 5.74) is 16.8. The van der Waals surface area contributed by atoms with Crippen LogP contribution in [0, 0.1) is 19.1 Å². The zero-order chi connectivity index (χ0) is 27.8. The summed E-state index contributed by atoms with van der Waals surface area (Å²) in [5, 5.41) is 5.42. The van der Waals surface area contributed by atoms with Crippen LogP contribution in [0.15, 0.2) is 36.4 Å². The minimum atomic E-state index is 0. The van der Waals surface area contributed by atoms with Gasteiger partial charge in [0.15, 0.2) is 0 Å². The third-order valence-corrected chi connectivity index (χ3v) is 9.16. The Kier molecular flexibility index (Phi) is 9.62. The Bertz CT molecular complexity index is 1640. The van der Waals surface area contributed by atoms with Crippen molar-refractivity contribution < 1.29 is 21.1 Å². The predicted octanol–water partition coefficient (Wildman–Crippen LogP) is 11.4. The van der Waals surface area contributed by atoms with Gasteiger partial charge in [0.05, 0.1) is 0 Å². The topological polar surface area (TPSA) is 0 Å². The molecule has 0 N–H and O–H groups in total. The summed E-state index contributed by atoms with van der Waals surface area (Å²) in [5.74, 6) is 0. The molecule has 0 amide bonds. The molecule has 0 unspecified atom stereocenters. The van der Waals surface area contributed by atoms with Gasteiger partial charge in [0.25, 0.3) is 0 Å². The minimum Gasteiger partial charge on any atom is -0.137 e. The van der Waals surface area contributed by atoms with Gasteiger partial charge in [-0.05, 0) is 0 Å². The SMILES string of the molecule is CCC1=C(CC)c2[c-]c1cc1[cH-]c(cc3[c-]c(cc4[cH-]c(c2)c(CC)c4CC)C(CC)=C3CC)c(CC)c1C.[Pt+4]. The van der Waals surface area contributed by atoms with Crippen LogP contribution >= 0.6 is 0 Å². The smallest absolute Gasteiger partial charge is 0.137 e. The number of hydrogen-bond donors (Lipinski definition) is 0. The Hall–Kier alpha value is -2.43. The van der Waals surface area contributed by atoms with Crippen molar-refractivity contribution in [1.82, 2.24) is 0 Å². The van der Waals surface area contributed by atoms with E-state index in [9.17, 15) is 0 Å². The van der Waals surface area contributed by atoms with Crippen LogP contribution < -0.4 is 0 Å². The molecule has 0 aliphatic heterocycles. The second-order valence-electron chi connectivity index (χ2n) is 11.0. The molecular formula is C39H44Pt. The normalized spacial score (nSPS) is 13.3. The van der Waals surface area contributed by atoms with Gasteiger partial charge in [0.2, 0.25) is 0 Å². The average Bonchev–Trinajstić information content (AvgIpc) is 3.64. The maximum Gasteiger partial charge on any atom is 4.00 e. The molecule has 2 aliphatic rings. The Morgan fingerprint density at radius 3 is 1.07 bits per heavy atom. The summed E-state index contributed by atoms with van der Waals surface area (Å²) in [4.78, 5) is 0. The molecule has 1 heteroatoms. The molecule has 3 aromatic carbocycles. The fraction of sp³-hybridized carbons (Fsp3) is 0.385. The molecule has 0 radical (unpaired) electrons. The van der Waals surface area contributed by atoms with E-state index in [1.807, 2.05) is 0 Å². The first kappa shape index (κ1) is 30.5. The van der Waals surface area contributed by atoms with E-state index in [0.29, 0.717) is 0 Å². The van der Waals surface area contributed by atoms with Gasteiger partial charge in [-0.1, -0.05) is 100 Å². The first-order valence-corrected chi connectivity index (χ1v) is 15.4. The molecule has 40 heavy (non-hydrogen) atoms. The van der Waals surface area contributed by atoms with Gasteiger partial charge in [0.1, 0.15) is 0 Å². The number of fused-ring (bicyclic) bond motifs is 8. The van der Waals surface area contributed by atoms with Gasteiger partial charge in [-0.15, -0.1) is 137 Å². The molecule has 0 saturated heterocycles. The summed E-state index contributed by atoms with van der Waals surface area (Å²) in [6.45, 7) is 18.4. The summed E-state index contributed by atoms with van der Waals surface area (Å²) in [6, 6.07) is 22.3. The van der Waals surface area contributed by atoms with Crippen LogP contribution in [0.2, 0.25) is 0 Å². The van der Waals surface area contributed by atoms with Gasteiger partial charge in [-0.2, -0.15) is 0 Å². The van der Waals surface area contributed by atoms with Crippen LogP contribution in [0.1, 0.15) is 119 Å². The quantitative estimate of drug-likeness (QED) is 0.215. The molecule has 8 bridgehead atoms. The standard InChI is InChI=1S/C39H44.Pt/c1-9-33-24(8)25-16-26(33)18-28-20-30(37(13-5)35(28)11-3)22-32-23-31(38(14-6)39(32)15-7)21-29-19-27(17-25)34(10-2)36(29)12-4;/h16-18,21-23H,9-15H2,1-8H3;/q-4;+4. The molecule has 0 nitrogen and oxygen atoms in total. The van der Waals surface area contributed by atoms with Crippen molar-refractivity contribution in [3.05, 3.63) is 93.0 Å². The molecule has 0 heterocycles. The van der Waals surface area contributed by atoms with Crippen LogP contribution in [0.4, 0.5) is 0 Å². The van der Waals surface area contributed by atoms with Gasteiger partial charge >= 0.3 is 21.1 Å². The molecular weight excluding hydrogens is 664 g/mol. The molecule has 0 spiro atoms. The zero-order valence-electron chi connectivity index (χ0n) is 25.7. The van der Waals surface area contributed by atoms with Crippen LogP contribution in [-0.2, 0) is 40.3 Å². The third-order valence-electron chi connectivity index (χ3n) is 9.16. The van der Waals surface area contributed by atoms with Crippen molar-refractivity contribution in [2.24, 2.45) is 0 Å². The second-order valence-corrected chi connectivity index (χ2v) is 11.0. The average molecular weight is 708 g/mol. The monoisotopic (exact) mass is 707 g/mol. The Morgan fingerprint density at radius 1 is 0.450 bits per heavy atom. The molecule has 0 saturated carbocycles. The van der Waals surface area contributed by atoms with E-state index in [2.05, 4.69) is 104 Å². The maximum atomic E-state index is 3.89. The van der Waals surface area contributed by atoms with Crippen LogP contribution in [0.5, 0.6) is 0 Å². The third kappa shape index (κ3) is 5.07. The van der Waals surface area contributed by atoms with Crippen molar-refractivity contribution in [3.8, 4) is 0 Å². The molecule has 0 fully saturated rings. The molecule has 210 valence electrons. The molecule has 0 atom stereocenters. The summed E-state index contributed by atoms with van der Waals surface area (Å²) in [7, 11) is 0. The fourth-order valence-corrected chi connectivity index (χ4v) is 7.26. The minimum absolute atomic E-state index is 0. The zero-order valence-corrected chi connectivity index (χ0v) is 28.0. The number of hydrogen-bond acceptors (Lipinski definition) is 0. The van der Waals surface area contributed by atoms with Crippen LogP contribution in [0.3, 0.4) is 0 Å². The van der Waals surface area contributed by atoms with Gasteiger partial charge < -0.3 is 0 Å². The van der Waals surface area contributed by atoms with Crippen molar-refractivity contribution in [1.29, 1.82) is 0 Å². The molecule has 2 aliphatic carbocycles. The van der Waals surface area contributed by atoms with E-state index in [-0.39, 0.29) is 21.1 Å². The first-order chi connectivity index (χ1) is 18.9. The first-order valence-electron chi connectivity index (χ1n) is 15.4. The van der Waals surface area contributed by atoms with E-state index < -0.39 is 0 Å². The predicted molar refractivity (Wildman–Crippen MR) is 173 cm³/mol. The Morgan fingerprint density at radius 2 is 0.750 bits per heavy atom. The van der Waals surface area contributed by atoms with Gasteiger partial charge in [-0.25, -0.2) is 0 Å². The molecule has 5 rings (SSSR count). The van der Waals surface area contributed by atoms with Crippen LogP contribution in [0.25, 0.3) is 43.8 Å². The summed E-state index contributed by atoms with van der Waals surface area (Å²) >= 11 is 0. The number of rotatable bonds is 7. The number of aryl methyl sites for hydroxylation is 4. The van der Waals surface area contributed by atoms with E-state index in [1.54, 1.807) is 0 Å². The molecule has 0 aromatic heterocycles. The van der Waals surface area contributed by atoms with Crippen molar-refractivity contribution in [2.45, 2.75) is 100 Å².